The molecule has 2 N–H and O–H groups in total. The molecule has 2 aromatic rings. The van der Waals surface area contributed by atoms with Gasteiger partial charge >= 0.3 is 6.03 Å². The number of benzene rings is 1. The van der Waals surface area contributed by atoms with Crippen LogP contribution in [0.2, 0.25) is 10.0 Å². The maximum Gasteiger partial charge on any atom is 0.327 e. The lowest BCUT2D eigenvalue weighted by molar-refractivity contribution is 0.0967. The van der Waals surface area contributed by atoms with Crippen LogP contribution in [0, 0.1) is 0 Å². The number of halogens is 2. The normalized spacial score (nSPS) is 9.90. The number of imide groups is 1. The molecule has 2 rings (SSSR count). The van der Waals surface area contributed by atoms with Gasteiger partial charge in [0.1, 0.15) is 5.82 Å². The van der Waals surface area contributed by atoms with Crippen LogP contribution >= 0.6 is 23.2 Å². The fraction of sp³-hybridized carbons (Fsp3) is 0. The van der Waals surface area contributed by atoms with Crippen molar-refractivity contribution >= 4 is 41.0 Å². The van der Waals surface area contributed by atoms with E-state index in [2.05, 4.69) is 15.6 Å². The Labute approximate surface area is 124 Å². The minimum Gasteiger partial charge on any atom is -0.292 e. The lowest BCUT2D eigenvalue weighted by Crippen LogP contribution is -2.34. The molecule has 0 saturated carbocycles. The summed E-state index contributed by atoms with van der Waals surface area (Å²) in [4.78, 5) is 27.4. The number of rotatable bonds is 2. The number of hydrogen-bond donors (Lipinski definition) is 2. The Morgan fingerprint density at radius 3 is 2.55 bits per heavy atom. The molecule has 20 heavy (non-hydrogen) atoms. The highest BCUT2D eigenvalue weighted by Crippen LogP contribution is 2.20. The molecule has 3 amide bonds. The van der Waals surface area contributed by atoms with Crippen molar-refractivity contribution in [2.45, 2.75) is 0 Å². The molecule has 102 valence electrons. The first-order chi connectivity index (χ1) is 9.56. The topological polar surface area (TPSA) is 71.1 Å². The molecule has 0 atom stereocenters. The Kier molecular flexibility index (Phi) is 4.55. The van der Waals surface area contributed by atoms with Crippen LogP contribution in [0.4, 0.5) is 10.6 Å². The SMILES string of the molecule is O=C(NC(=O)c1ccc(Cl)cc1Cl)Nc1ccccn1. The number of pyridine rings is 1. The van der Waals surface area contributed by atoms with Crippen LogP contribution in [0.15, 0.2) is 42.6 Å². The minimum atomic E-state index is -0.695. The van der Waals surface area contributed by atoms with Gasteiger partial charge in [0.15, 0.2) is 0 Å². The van der Waals surface area contributed by atoms with Crippen LogP contribution in [0.25, 0.3) is 0 Å². The summed E-state index contributed by atoms with van der Waals surface area (Å²) in [6, 6.07) is 8.70. The third-order valence-electron chi connectivity index (χ3n) is 2.31. The minimum absolute atomic E-state index is 0.159. The van der Waals surface area contributed by atoms with Crippen molar-refractivity contribution in [1.29, 1.82) is 0 Å². The van der Waals surface area contributed by atoms with Gasteiger partial charge in [0.05, 0.1) is 10.6 Å². The van der Waals surface area contributed by atoms with E-state index in [1.54, 1.807) is 18.2 Å². The first-order valence-corrected chi connectivity index (χ1v) is 6.30. The van der Waals surface area contributed by atoms with E-state index in [9.17, 15) is 9.59 Å². The Balaban J connectivity index is 2.02. The van der Waals surface area contributed by atoms with Gasteiger partial charge in [-0.05, 0) is 30.3 Å². The second-order valence-corrected chi connectivity index (χ2v) is 4.59. The largest absolute Gasteiger partial charge is 0.327 e. The number of nitrogens with one attached hydrogen (secondary N) is 2. The predicted octanol–water partition coefficient (Wildman–Crippen LogP) is 3.35. The summed E-state index contributed by atoms with van der Waals surface area (Å²) in [7, 11) is 0. The number of hydrogen-bond acceptors (Lipinski definition) is 3. The molecule has 1 aromatic heterocycles. The number of anilines is 1. The van der Waals surface area contributed by atoms with E-state index in [4.69, 9.17) is 23.2 Å². The van der Waals surface area contributed by atoms with Gasteiger partial charge in [-0.1, -0.05) is 29.3 Å². The van der Waals surface area contributed by atoms with Crippen LogP contribution in [0.1, 0.15) is 10.4 Å². The van der Waals surface area contributed by atoms with Crippen molar-refractivity contribution in [3.63, 3.8) is 0 Å². The lowest BCUT2D eigenvalue weighted by Gasteiger charge is -2.07. The van der Waals surface area contributed by atoms with E-state index in [0.717, 1.165) is 0 Å². The van der Waals surface area contributed by atoms with Crippen LogP contribution in [0.5, 0.6) is 0 Å². The van der Waals surface area contributed by atoms with E-state index < -0.39 is 11.9 Å². The molecule has 0 aliphatic rings. The summed E-state index contributed by atoms with van der Waals surface area (Å²) in [5.74, 6) is -0.292. The molecule has 0 fully saturated rings. The Hall–Kier alpha value is -2.11. The summed E-state index contributed by atoms with van der Waals surface area (Å²) >= 11 is 11.6. The van der Waals surface area contributed by atoms with Crippen molar-refractivity contribution in [2.75, 3.05) is 5.32 Å². The average molecular weight is 310 g/mol. The van der Waals surface area contributed by atoms with Gasteiger partial charge in [-0.2, -0.15) is 0 Å². The van der Waals surface area contributed by atoms with Gasteiger partial charge in [-0.3, -0.25) is 15.4 Å². The van der Waals surface area contributed by atoms with Crippen molar-refractivity contribution in [2.24, 2.45) is 0 Å². The number of carbonyl (C=O) groups is 2. The smallest absolute Gasteiger partial charge is 0.292 e. The monoisotopic (exact) mass is 309 g/mol. The van der Waals surface area contributed by atoms with Gasteiger partial charge in [-0.25, -0.2) is 9.78 Å². The summed E-state index contributed by atoms with van der Waals surface area (Å²) in [6.07, 6.45) is 1.52. The maximum absolute atomic E-state index is 11.9. The van der Waals surface area contributed by atoms with E-state index in [-0.39, 0.29) is 10.6 Å². The third-order valence-corrected chi connectivity index (χ3v) is 2.86. The fourth-order valence-corrected chi connectivity index (χ4v) is 1.92. The highest BCUT2D eigenvalue weighted by Gasteiger charge is 2.14. The molecule has 7 heteroatoms. The predicted molar refractivity (Wildman–Crippen MR) is 77.2 cm³/mol. The standard InChI is InChI=1S/C13H9Cl2N3O2/c14-8-4-5-9(10(15)7-8)12(19)18-13(20)17-11-3-1-2-6-16-11/h1-7H,(H2,16,17,18,19,20). The molecule has 0 unspecified atom stereocenters. The summed E-state index contributed by atoms with van der Waals surface area (Å²) in [6.45, 7) is 0. The zero-order valence-electron chi connectivity index (χ0n) is 10.1. The second-order valence-electron chi connectivity index (χ2n) is 3.75. The molecule has 0 spiro atoms. The molecule has 0 radical (unpaired) electrons. The van der Waals surface area contributed by atoms with E-state index in [0.29, 0.717) is 10.8 Å². The summed E-state index contributed by atoms with van der Waals surface area (Å²) in [5.41, 5.74) is 0.159. The van der Waals surface area contributed by atoms with E-state index in [1.165, 1.54) is 24.4 Å². The average Bonchev–Trinajstić information content (AvgIpc) is 2.39. The summed E-state index contributed by atoms with van der Waals surface area (Å²) < 4.78 is 0. The van der Waals surface area contributed by atoms with Crippen LogP contribution in [0.3, 0.4) is 0 Å². The second kappa shape index (κ2) is 6.36. The van der Waals surface area contributed by atoms with Crippen molar-refractivity contribution in [3.8, 4) is 0 Å². The molecule has 0 aliphatic carbocycles. The molecular formula is C13H9Cl2N3O2. The number of urea groups is 1. The molecule has 1 aromatic carbocycles. The van der Waals surface area contributed by atoms with Crippen LogP contribution in [-0.2, 0) is 0 Å². The van der Waals surface area contributed by atoms with Gasteiger partial charge in [0.2, 0.25) is 0 Å². The molecule has 0 saturated heterocycles. The zero-order chi connectivity index (χ0) is 14.5. The van der Waals surface area contributed by atoms with E-state index in [1.807, 2.05) is 0 Å². The Morgan fingerprint density at radius 2 is 1.90 bits per heavy atom. The number of amides is 3. The van der Waals surface area contributed by atoms with Crippen LogP contribution < -0.4 is 10.6 Å². The fourth-order valence-electron chi connectivity index (χ4n) is 1.43. The molecule has 1 heterocycles. The van der Waals surface area contributed by atoms with E-state index >= 15 is 0 Å². The highest BCUT2D eigenvalue weighted by molar-refractivity contribution is 6.37. The molecule has 5 nitrogen and oxygen atoms in total. The lowest BCUT2D eigenvalue weighted by atomic mass is 10.2. The quantitative estimate of drug-likeness (QED) is 0.893. The zero-order valence-corrected chi connectivity index (χ0v) is 11.6. The van der Waals surface area contributed by atoms with Crippen molar-refractivity contribution in [1.82, 2.24) is 10.3 Å². The Bertz CT molecular complexity index is 647. The van der Waals surface area contributed by atoms with Crippen LogP contribution in [-0.4, -0.2) is 16.9 Å². The Morgan fingerprint density at radius 1 is 1.10 bits per heavy atom. The number of carbonyl (C=O) groups excluding carboxylic acids is 2. The maximum atomic E-state index is 11.9. The van der Waals surface area contributed by atoms with Gasteiger partial charge < -0.3 is 0 Å². The van der Waals surface area contributed by atoms with Gasteiger partial charge in [0.25, 0.3) is 5.91 Å². The number of nitrogens with zero attached hydrogens (tertiary/aromatic N) is 1. The molecule has 0 bridgehead atoms. The summed E-state index contributed by atoms with van der Waals surface area (Å²) in [5, 5.41) is 5.14. The third kappa shape index (κ3) is 3.69. The van der Waals surface area contributed by atoms with Crippen molar-refractivity contribution in [3.05, 3.63) is 58.2 Å². The number of aromatic nitrogens is 1. The highest BCUT2D eigenvalue weighted by atomic mass is 35.5. The first-order valence-electron chi connectivity index (χ1n) is 5.54. The first kappa shape index (κ1) is 14.3. The van der Waals surface area contributed by atoms with Crippen molar-refractivity contribution < 1.29 is 9.59 Å². The van der Waals surface area contributed by atoms with Gasteiger partial charge in [-0.15, -0.1) is 0 Å². The van der Waals surface area contributed by atoms with Gasteiger partial charge in [0, 0.05) is 11.2 Å². The molecule has 0 aliphatic heterocycles. The molecular weight excluding hydrogens is 301 g/mol.